The van der Waals surface area contributed by atoms with Crippen molar-refractivity contribution in [3.05, 3.63) is 35.9 Å². The third kappa shape index (κ3) is 3.88. The van der Waals surface area contributed by atoms with Crippen LogP contribution in [0.4, 0.5) is 0 Å². The normalized spacial score (nSPS) is 17.1. The van der Waals surface area contributed by atoms with Gasteiger partial charge in [-0.15, -0.1) is 0 Å². The molecule has 2 heteroatoms. The van der Waals surface area contributed by atoms with Gasteiger partial charge in [0.15, 0.2) is 0 Å². The Hall–Kier alpha value is -0.470. The highest BCUT2D eigenvalue weighted by atomic mass is 32.2. The van der Waals surface area contributed by atoms with Crippen molar-refractivity contribution in [2.24, 2.45) is 0 Å². The molecule has 0 saturated carbocycles. The Bertz CT molecular complexity index is 282. The van der Waals surface area contributed by atoms with Crippen LogP contribution in [-0.4, -0.2) is 16.1 Å². The number of hydrogen-bond acceptors (Lipinski definition) is 2. The maximum Gasteiger partial charge on any atom is 0.0958 e. The van der Waals surface area contributed by atoms with Crippen LogP contribution in [0.3, 0.4) is 0 Å². The minimum Gasteiger partial charge on any atom is -0.385 e. The molecule has 1 aromatic carbocycles. The fourth-order valence-electron chi connectivity index (χ4n) is 1.30. The summed E-state index contributed by atoms with van der Waals surface area (Å²) >= 11 is 1.83. The minimum absolute atomic E-state index is 0.611. The summed E-state index contributed by atoms with van der Waals surface area (Å²) in [5.74, 6) is 0.756. The fraction of sp³-hybridized carbons (Fsp3) is 0.538. The quantitative estimate of drug-likeness (QED) is 0.827. The van der Waals surface area contributed by atoms with Gasteiger partial charge in [-0.05, 0) is 18.9 Å². The Morgan fingerprint density at radius 2 is 1.93 bits per heavy atom. The van der Waals surface area contributed by atoms with Crippen molar-refractivity contribution in [2.75, 3.05) is 5.75 Å². The van der Waals surface area contributed by atoms with Crippen molar-refractivity contribution in [3.8, 4) is 0 Å². The number of aliphatic hydroxyl groups is 1. The molecule has 0 aromatic heterocycles. The van der Waals surface area contributed by atoms with Crippen LogP contribution in [-0.2, 0) is 5.60 Å². The van der Waals surface area contributed by atoms with Gasteiger partial charge in [0, 0.05) is 11.0 Å². The fourth-order valence-corrected chi connectivity index (χ4v) is 2.31. The van der Waals surface area contributed by atoms with Crippen molar-refractivity contribution >= 4 is 11.8 Å². The predicted molar refractivity (Wildman–Crippen MR) is 68.2 cm³/mol. The van der Waals surface area contributed by atoms with Crippen LogP contribution in [0.25, 0.3) is 0 Å². The number of rotatable bonds is 5. The number of hydrogen-bond donors (Lipinski definition) is 1. The summed E-state index contributed by atoms with van der Waals surface area (Å²) in [6.45, 7) is 6.26. The van der Waals surface area contributed by atoms with Gasteiger partial charge in [0.2, 0.25) is 0 Å². The van der Waals surface area contributed by atoms with E-state index in [1.165, 1.54) is 0 Å². The molecule has 2 atom stereocenters. The van der Waals surface area contributed by atoms with Gasteiger partial charge in [-0.25, -0.2) is 0 Å². The van der Waals surface area contributed by atoms with E-state index >= 15 is 0 Å². The molecule has 0 saturated heterocycles. The van der Waals surface area contributed by atoms with E-state index in [-0.39, 0.29) is 0 Å². The average molecular weight is 224 g/mol. The average Bonchev–Trinajstić information content (AvgIpc) is 2.27. The Kier molecular flexibility index (Phi) is 4.68. The number of benzene rings is 1. The van der Waals surface area contributed by atoms with Crippen LogP contribution < -0.4 is 0 Å². The van der Waals surface area contributed by atoms with Crippen molar-refractivity contribution in [3.63, 3.8) is 0 Å². The number of thioether (sulfide) groups is 1. The third-order valence-corrected chi connectivity index (χ3v) is 4.25. The van der Waals surface area contributed by atoms with E-state index < -0.39 is 5.60 Å². The molecule has 0 fully saturated rings. The Balaban J connectivity index is 2.59. The van der Waals surface area contributed by atoms with Crippen LogP contribution in [0, 0.1) is 0 Å². The van der Waals surface area contributed by atoms with Crippen LogP contribution >= 0.6 is 11.8 Å². The molecule has 1 nitrogen and oxygen atoms in total. The van der Waals surface area contributed by atoms with E-state index in [1.54, 1.807) is 0 Å². The van der Waals surface area contributed by atoms with E-state index in [4.69, 9.17) is 0 Å². The second kappa shape index (κ2) is 5.57. The monoisotopic (exact) mass is 224 g/mol. The standard InChI is InChI=1S/C13H20OS/c1-4-11(2)15-10-13(3,14)12-8-6-5-7-9-12/h5-9,11,14H,4,10H2,1-3H3. The van der Waals surface area contributed by atoms with Crippen LogP contribution in [0.2, 0.25) is 0 Å². The van der Waals surface area contributed by atoms with Gasteiger partial charge in [0.05, 0.1) is 5.60 Å². The summed E-state index contributed by atoms with van der Waals surface area (Å²) in [6, 6.07) is 9.88. The highest BCUT2D eigenvalue weighted by molar-refractivity contribution is 7.99. The predicted octanol–water partition coefficient (Wildman–Crippen LogP) is 3.43. The van der Waals surface area contributed by atoms with E-state index in [0.717, 1.165) is 17.7 Å². The zero-order valence-electron chi connectivity index (χ0n) is 9.73. The summed E-state index contributed by atoms with van der Waals surface area (Å²) in [7, 11) is 0. The molecule has 0 aliphatic heterocycles. The molecule has 0 aliphatic rings. The molecule has 1 rings (SSSR count). The molecule has 0 amide bonds. The summed E-state index contributed by atoms with van der Waals surface area (Å²) in [5, 5.41) is 10.9. The summed E-state index contributed by atoms with van der Waals surface area (Å²) < 4.78 is 0. The first-order chi connectivity index (χ1) is 7.06. The van der Waals surface area contributed by atoms with Gasteiger partial charge in [-0.1, -0.05) is 44.2 Å². The Labute approximate surface area is 96.9 Å². The van der Waals surface area contributed by atoms with Gasteiger partial charge >= 0.3 is 0 Å². The first-order valence-corrected chi connectivity index (χ1v) is 6.50. The topological polar surface area (TPSA) is 20.2 Å². The summed E-state index contributed by atoms with van der Waals surface area (Å²) in [4.78, 5) is 0. The molecule has 15 heavy (non-hydrogen) atoms. The van der Waals surface area contributed by atoms with Gasteiger partial charge < -0.3 is 5.11 Å². The van der Waals surface area contributed by atoms with E-state index in [1.807, 2.05) is 49.0 Å². The molecule has 0 spiro atoms. The molecule has 0 bridgehead atoms. The molecule has 0 heterocycles. The van der Waals surface area contributed by atoms with Gasteiger partial charge in [0.1, 0.15) is 0 Å². The SMILES string of the molecule is CCC(C)SCC(C)(O)c1ccccc1. The minimum atomic E-state index is -0.713. The second-order valence-electron chi connectivity index (χ2n) is 4.17. The van der Waals surface area contributed by atoms with Crippen LogP contribution in [0.1, 0.15) is 32.8 Å². The van der Waals surface area contributed by atoms with Gasteiger partial charge in [0.25, 0.3) is 0 Å². The van der Waals surface area contributed by atoms with Crippen molar-refractivity contribution in [1.29, 1.82) is 0 Å². The van der Waals surface area contributed by atoms with Crippen molar-refractivity contribution < 1.29 is 5.11 Å². The Morgan fingerprint density at radius 1 is 1.33 bits per heavy atom. The lowest BCUT2D eigenvalue weighted by Crippen LogP contribution is -2.25. The summed E-state index contributed by atoms with van der Waals surface area (Å²) in [5.41, 5.74) is 0.288. The highest BCUT2D eigenvalue weighted by Crippen LogP contribution is 2.27. The van der Waals surface area contributed by atoms with E-state index in [0.29, 0.717) is 5.25 Å². The second-order valence-corrected chi connectivity index (χ2v) is 5.60. The molecule has 0 radical (unpaired) electrons. The van der Waals surface area contributed by atoms with Gasteiger partial charge in [-0.2, -0.15) is 11.8 Å². The lowest BCUT2D eigenvalue weighted by Gasteiger charge is -2.24. The van der Waals surface area contributed by atoms with E-state index in [2.05, 4.69) is 13.8 Å². The maximum atomic E-state index is 10.3. The maximum absolute atomic E-state index is 10.3. The first kappa shape index (κ1) is 12.6. The van der Waals surface area contributed by atoms with Crippen molar-refractivity contribution in [1.82, 2.24) is 0 Å². The van der Waals surface area contributed by atoms with Crippen LogP contribution in [0.5, 0.6) is 0 Å². The third-order valence-electron chi connectivity index (χ3n) is 2.62. The zero-order chi connectivity index (χ0) is 11.3. The Morgan fingerprint density at radius 3 is 2.47 bits per heavy atom. The first-order valence-electron chi connectivity index (χ1n) is 5.45. The molecular weight excluding hydrogens is 204 g/mol. The van der Waals surface area contributed by atoms with Gasteiger partial charge in [-0.3, -0.25) is 0 Å². The molecular formula is C13H20OS. The summed E-state index contributed by atoms with van der Waals surface area (Å²) in [6.07, 6.45) is 1.15. The molecule has 0 aliphatic carbocycles. The molecule has 1 aromatic rings. The largest absolute Gasteiger partial charge is 0.385 e. The smallest absolute Gasteiger partial charge is 0.0958 e. The zero-order valence-corrected chi connectivity index (χ0v) is 10.6. The molecule has 1 N–H and O–H groups in total. The molecule has 2 unspecified atom stereocenters. The van der Waals surface area contributed by atoms with Crippen molar-refractivity contribution in [2.45, 2.75) is 38.0 Å². The van der Waals surface area contributed by atoms with E-state index in [9.17, 15) is 5.11 Å². The molecule has 84 valence electrons. The lowest BCUT2D eigenvalue weighted by molar-refractivity contribution is 0.0838. The highest BCUT2D eigenvalue weighted by Gasteiger charge is 2.23. The van der Waals surface area contributed by atoms with Crippen LogP contribution in [0.15, 0.2) is 30.3 Å². The lowest BCUT2D eigenvalue weighted by atomic mass is 9.99.